The van der Waals surface area contributed by atoms with Crippen LogP contribution in [0.2, 0.25) is 0 Å². The van der Waals surface area contributed by atoms with Crippen molar-refractivity contribution < 1.29 is 22.9 Å². The molecule has 31 heavy (non-hydrogen) atoms. The summed E-state index contributed by atoms with van der Waals surface area (Å²) in [6.45, 7) is 0. The highest BCUT2D eigenvalue weighted by Gasteiger charge is 2.33. The Bertz CT molecular complexity index is 1260. The van der Waals surface area contributed by atoms with E-state index in [1.165, 1.54) is 28.9 Å². The fourth-order valence-electron chi connectivity index (χ4n) is 3.38. The number of nitro groups is 1. The van der Waals surface area contributed by atoms with Crippen LogP contribution in [0.5, 0.6) is 5.75 Å². The number of hydrogen-bond acceptors (Lipinski definition) is 7. The summed E-state index contributed by atoms with van der Waals surface area (Å²) in [6.07, 6.45) is -0.0344. The normalized spacial score (nSPS) is 14.1. The molecule has 1 amide bonds. The van der Waals surface area contributed by atoms with Gasteiger partial charge in [0.15, 0.2) is 9.84 Å². The van der Waals surface area contributed by atoms with E-state index < -0.39 is 20.7 Å². The molecule has 0 fully saturated rings. The number of hydrogen-bond donors (Lipinski definition) is 1. The van der Waals surface area contributed by atoms with Gasteiger partial charge in [0.1, 0.15) is 11.6 Å². The van der Waals surface area contributed by atoms with E-state index in [4.69, 9.17) is 4.74 Å². The lowest BCUT2D eigenvalue weighted by Crippen LogP contribution is -2.18. The van der Waals surface area contributed by atoms with Crippen LogP contribution in [0.4, 0.5) is 11.5 Å². The van der Waals surface area contributed by atoms with Gasteiger partial charge in [-0.1, -0.05) is 12.1 Å². The number of aromatic nitrogens is 2. The molecule has 1 N–H and O–H groups in total. The smallest absolute Gasteiger partial charge is 0.269 e. The number of carbonyl (C=O) groups is 1. The molecule has 10 nitrogen and oxygen atoms in total. The molecule has 0 radical (unpaired) electrons. The highest BCUT2D eigenvalue weighted by atomic mass is 32.2. The molecule has 2 aromatic carbocycles. The fourth-order valence-corrected chi connectivity index (χ4v) is 4.87. The summed E-state index contributed by atoms with van der Waals surface area (Å²) in [4.78, 5) is 23.0. The van der Waals surface area contributed by atoms with Crippen LogP contribution in [0.25, 0.3) is 5.69 Å². The van der Waals surface area contributed by atoms with Crippen LogP contribution in [0, 0.1) is 10.1 Å². The average Bonchev–Trinajstić information content (AvgIpc) is 3.21. The van der Waals surface area contributed by atoms with Gasteiger partial charge >= 0.3 is 0 Å². The summed E-state index contributed by atoms with van der Waals surface area (Å²) < 4.78 is 30.8. The number of nitrogens with zero attached hydrogens (tertiary/aromatic N) is 3. The zero-order valence-corrected chi connectivity index (χ0v) is 17.3. The van der Waals surface area contributed by atoms with Crippen LogP contribution in [-0.2, 0) is 32.6 Å². The number of benzene rings is 2. The quantitative estimate of drug-likeness (QED) is 0.458. The van der Waals surface area contributed by atoms with Gasteiger partial charge in [0.25, 0.3) is 5.69 Å². The minimum absolute atomic E-state index is 0.0344. The molecule has 1 aliphatic heterocycles. The van der Waals surface area contributed by atoms with Gasteiger partial charge in [-0.15, -0.1) is 0 Å². The Morgan fingerprint density at radius 3 is 2.45 bits per heavy atom. The summed E-state index contributed by atoms with van der Waals surface area (Å²) >= 11 is 0. The molecular formula is C20H18N4O6S. The number of amides is 1. The molecule has 0 spiro atoms. The number of fused-ring (bicyclic) bond motifs is 1. The average molecular weight is 442 g/mol. The van der Waals surface area contributed by atoms with Crippen molar-refractivity contribution in [2.45, 2.75) is 17.9 Å². The van der Waals surface area contributed by atoms with Crippen molar-refractivity contribution in [1.82, 2.24) is 9.78 Å². The molecule has 11 heteroatoms. The third-order valence-corrected chi connectivity index (χ3v) is 6.32. The number of anilines is 1. The van der Waals surface area contributed by atoms with Gasteiger partial charge in [-0.2, -0.15) is 5.10 Å². The Morgan fingerprint density at radius 2 is 1.84 bits per heavy atom. The van der Waals surface area contributed by atoms with Gasteiger partial charge in [-0.05, 0) is 29.8 Å². The van der Waals surface area contributed by atoms with Gasteiger partial charge in [-0.25, -0.2) is 13.1 Å². The van der Waals surface area contributed by atoms with E-state index in [0.29, 0.717) is 34.1 Å². The lowest BCUT2D eigenvalue weighted by atomic mass is 10.1. The second kappa shape index (κ2) is 7.84. The molecule has 0 atom stereocenters. The highest BCUT2D eigenvalue weighted by molar-refractivity contribution is 7.90. The van der Waals surface area contributed by atoms with Crippen LogP contribution in [0.15, 0.2) is 48.5 Å². The molecule has 0 unspecified atom stereocenters. The first-order valence-corrected chi connectivity index (χ1v) is 11.1. The summed E-state index contributed by atoms with van der Waals surface area (Å²) in [5, 5.41) is 18.0. The van der Waals surface area contributed by atoms with Crippen LogP contribution < -0.4 is 10.1 Å². The highest BCUT2D eigenvalue weighted by Crippen LogP contribution is 2.33. The van der Waals surface area contributed by atoms with Crippen molar-refractivity contribution in [2.24, 2.45) is 0 Å². The largest absolute Gasteiger partial charge is 0.497 e. The lowest BCUT2D eigenvalue weighted by molar-refractivity contribution is -0.384. The number of rotatable bonds is 6. The predicted molar refractivity (Wildman–Crippen MR) is 112 cm³/mol. The molecule has 1 aliphatic rings. The number of ether oxygens (including phenoxy) is 1. The zero-order valence-electron chi connectivity index (χ0n) is 16.4. The Labute approximate surface area is 177 Å². The SMILES string of the molecule is COc1ccc(-n2nc3c(c2NC(=O)Cc2ccc([N+](=O)[O-])cc2)CS(=O)(=O)C3)cc1. The topological polar surface area (TPSA) is 133 Å². The van der Waals surface area contributed by atoms with E-state index in [1.807, 2.05) is 0 Å². The van der Waals surface area contributed by atoms with E-state index in [-0.39, 0.29) is 23.6 Å². The van der Waals surface area contributed by atoms with E-state index >= 15 is 0 Å². The number of nitro benzene ring substituents is 1. The van der Waals surface area contributed by atoms with E-state index in [1.54, 1.807) is 31.4 Å². The van der Waals surface area contributed by atoms with Crippen molar-refractivity contribution in [1.29, 1.82) is 0 Å². The Balaban J connectivity index is 1.63. The van der Waals surface area contributed by atoms with Crippen molar-refractivity contribution >= 4 is 27.2 Å². The van der Waals surface area contributed by atoms with Gasteiger partial charge in [0.2, 0.25) is 5.91 Å². The molecule has 2 heterocycles. The van der Waals surface area contributed by atoms with Crippen LogP contribution in [0.1, 0.15) is 16.8 Å². The first-order valence-electron chi connectivity index (χ1n) is 9.24. The second-order valence-electron chi connectivity index (χ2n) is 7.06. The van der Waals surface area contributed by atoms with Crippen LogP contribution in [0.3, 0.4) is 0 Å². The second-order valence-corrected chi connectivity index (χ2v) is 9.13. The maximum Gasteiger partial charge on any atom is 0.269 e. The molecular weight excluding hydrogens is 424 g/mol. The Hall–Kier alpha value is -3.73. The van der Waals surface area contributed by atoms with E-state index in [9.17, 15) is 23.3 Å². The third-order valence-electron chi connectivity index (χ3n) is 4.87. The summed E-state index contributed by atoms with van der Waals surface area (Å²) in [5.74, 6) is 0.168. The van der Waals surface area contributed by atoms with Gasteiger partial charge in [0, 0.05) is 17.7 Å². The van der Waals surface area contributed by atoms with E-state index in [0.717, 1.165) is 0 Å². The molecule has 1 aromatic heterocycles. The molecule has 0 bridgehead atoms. The van der Waals surface area contributed by atoms with Crippen molar-refractivity contribution in [2.75, 3.05) is 12.4 Å². The van der Waals surface area contributed by atoms with Crippen molar-refractivity contribution in [3.63, 3.8) is 0 Å². The number of nitrogens with one attached hydrogen (secondary N) is 1. The van der Waals surface area contributed by atoms with Gasteiger partial charge < -0.3 is 10.1 Å². The summed E-state index contributed by atoms with van der Waals surface area (Å²) in [6, 6.07) is 12.6. The maximum absolute atomic E-state index is 12.7. The number of non-ortho nitro benzene ring substituents is 1. The molecule has 160 valence electrons. The fraction of sp³-hybridized carbons (Fsp3) is 0.200. The minimum atomic E-state index is -3.31. The molecule has 3 aromatic rings. The lowest BCUT2D eigenvalue weighted by Gasteiger charge is -2.12. The first-order chi connectivity index (χ1) is 14.8. The van der Waals surface area contributed by atoms with Crippen LogP contribution >= 0.6 is 0 Å². The Morgan fingerprint density at radius 1 is 1.16 bits per heavy atom. The first kappa shape index (κ1) is 20.5. The Kier molecular flexibility index (Phi) is 5.19. The minimum Gasteiger partial charge on any atom is -0.497 e. The molecule has 0 saturated carbocycles. The van der Waals surface area contributed by atoms with Crippen molar-refractivity contribution in [3.8, 4) is 11.4 Å². The summed E-state index contributed by atoms with van der Waals surface area (Å²) in [5.41, 5.74) is 2.03. The predicted octanol–water partition coefficient (Wildman–Crippen LogP) is 2.40. The van der Waals surface area contributed by atoms with Crippen molar-refractivity contribution in [3.05, 3.63) is 75.5 Å². The molecule has 0 saturated heterocycles. The van der Waals surface area contributed by atoms with Gasteiger partial charge in [0.05, 0.1) is 41.3 Å². The van der Waals surface area contributed by atoms with Gasteiger partial charge in [-0.3, -0.25) is 14.9 Å². The maximum atomic E-state index is 12.7. The molecule has 0 aliphatic carbocycles. The van der Waals surface area contributed by atoms with E-state index in [2.05, 4.69) is 10.4 Å². The number of carbonyl (C=O) groups excluding carboxylic acids is 1. The molecule has 4 rings (SSSR count). The number of methoxy groups -OCH3 is 1. The third kappa shape index (κ3) is 4.26. The summed E-state index contributed by atoms with van der Waals surface area (Å²) in [7, 11) is -1.76. The zero-order chi connectivity index (χ0) is 22.2. The number of sulfone groups is 1. The van der Waals surface area contributed by atoms with Crippen LogP contribution in [-0.4, -0.2) is 36.1 Å². The standard InChI is InChI=1S/C20H18N4O6S/c1-30-16-8-6-14(7-9-16)23-20(17-11-31(28,29)12-18(17)22-23)21-19(25)10-13-2-4-15(5-3-13)24(26)27/h2-9H,10-12H2,1H3,(H,21,25). The monoisotopic (exact) mass is 442 g/mol.